The van der Waals surface area contributed by atoms with Crippen molar-refractivity contribution in [3.63, 3.8) is 0 Å². The van der Waals surface area contributed by atoms with Crippen LogP contribution >= 0.6 is 0 Å². The number of benzene rings is 2. The topological polar surface area (TPSA) is 84.0 Å². The highest BCUT2D eigenvalue weighted by Crippen LogP contribution is 2.56. The third kappa shape index (κ3) is 3.55. The lowest BCUT2D eigenvalue weighted by Gasteiger charge is -2.25. The number of rotatable bonds is 5. The Bertz CT molecular complexity index is 1230. The van der Waals surface area contributed by atoms with Gasteiger partial charge in [0.25, 0.3) is 0 Å². The van der Waals surface area contributed by atoms with Crippen LogP contribution in [-0.4, -0.2) is 35.1 Å². The third-order valence-electron chi connectivity index (χ3n) is 8.80. The molecule has 2 aromatic carbocycles. The Balaban J connectivity index is 1.14. The maximum Gasteiger partial charge on any atom is 0.316 e. The number of likely N-dealkylation sites (tertiary alicyclic amines) is 1. The molecule has 0 radical (unpaired) electrons. The van der Waals surface area contributed by atoms with Gasteiger partial charge in [0, 0.05) is 13.0 Å². The molecule has 2 heterocycles. The van der Waals surface area contributed by atoms with Crippen LogP contribution in [0.1, 0.15) is 49.8 Å². The van der Waals surface area contributed by atoms with Crippen LogP contribution in [0.3, 0.4) is 0 Å². The predicted molar refractivity (Wildman–Crippen MR) is 132 cm³/mol. The van der Waals surface area contributed by atoms with Gasteiger partial charge in [-0.3, -0.25) is 19.2 Å². The second-order valence-corrected chi connectivity index (χ2v) is 10.8. The molecular weight excluding hydrogens is 456 g/mol. The molecule has 6 atom stereocenters. The summed E-state index contributed by atoms with van der Waals surface area (Å²) in [5, 5.41) is 0. The number of ether oxygens (including phenoxy) is 1. The van der Waals surface area contributed by atoms with Gasteiger partial charge in [0.2, 0.25) is 17.7 Å². The number of nitrogens with zero attached hydrogens (tertiary/aromatic N) is 2. The Hall–Kier alpha value is -3.48. The number of aryl methyl sites for hydroxylation is 1. The maximum absolute atomic E-state index is 13.2. The fraction of sp³-hybridized carbons (Fsp3) is 0.448. The summed E-state index contributed by atoms with van der Waals surface area (Å²) < 4.78 is 5.65. The summed E-state index contributed by atoms with van der Waals surface area (Å²) >= 11 is 0. The van der Waals surface area contributed by atoms with Crippen molar-refractivity contribution in [1.29, 1.82) is 0 Å². The number of esters is 1. The summed E-state index contributed by atoms with van der Waals surface area (Å²) in [5.41, 5.74) is 2.29. The number of carbonyl (C=O) groups is 4. The molecule has 0 aromatic heterocycles. The second-order valence-electron chi connectivity index (χ2n) is 10.8. The molecule has 6 rings (SSSR count). The van der Waals surface area contributed by atoms with Crippen molar-refractivity contribution in [2.45, 2.75) is 45.6 Å². The molecule has 0 unspecified atom stereocenters. The van der Waals surface area contributed by atoms with Crippen LogP contribution in [0.15, 0.2) is 48.5 Å². The zero-order chi connectivity index (χ0) is 25.1. The summed E-state index contributed by atoms with van der Waals surface area (Å²) in [6.45, 7) is 4.09. The Morgan fingerprint density at radius 2 is 1.64 bits per heavy atom. The van der Waals surface area contributed by atoms with Gasteiger partial charge in [0.15, 0.2) is 0 Å². The lowest BCUT2D eigenvalue weighted by Crippen LogP contribution is -2.33. The van der Waals surface area contributed by atoms with E-state index in [-0.39, 0.29) is 42.0 Å². The first-order valence-electron chi connectivity index (χ1n) is 12.9. The number of carbonyl (C=O) groups excluding carboxylic acids is 4. The summed E-state index contributed by atoms with van der Waals surface area (Å²) in [4.78, 5) is 55.0. The zero-order valence-electron chi connectivity index (χ0n) is 20.6. The molecule has 4 aliphatic rings. The van der Waals surface area contributed by atoms with Gasteiger partial charge >= 0.3 is 5.97 Å². The minimum Gasteiger partial charge on any atom is -0.426 e. The maximum atomic E-state index is 13.2. The van der Waals surface area contributed by atoms with E-state index in [1.54, 1.807) is 23.1 Å². The molecule has 2 aliphatic heterocycles. The molecule has 2 aliphatic carbocycles. The molecule has 2 saturated carbocycles. The smallest absolute Gasteiger partial charge is 0.316 e. The standard InChI is InChI=1S/C29H30N2O5/c1-16-12-22(10-11-23(16)31-27(33)25-19-8-9-20(13-19)26(25)28(31)34)36-29(35)21-14-24(32)30(15-21)17(2)18-6-4-3-5-7-18/h3-7,10-12,17,19-21,25-26H,8-9,13-15H2,1-2H3/t17-,19+,20+,21-,25-,26-/m1/s1. The zero-order valence-corrected chi connectivity index (χ0v) is 20.6. The van der Waals surface area contributed by atoms with Crippen LogP contribution in [0.5, 0.6) is 5.75 Å². The van der Waals surface area contributed by atoms with E-state index < -0.39 is 11.9 Å². The van der Waals surface area contributed by atoms with Crippen LogP contribution in [-0.2, 0) is 19.2 Å². The van der Waals surface area contributed by atoms with Gasteiger partial charge in [0.1, 0.15) is 5.75 Å². The first kappa shape index (κ1) is 23.0. The highest BCUT2D eigenvalue weighted by molar-refractivity contribution is 6.23. The number of anilines is 1. The fourth-order valence-corrected chi connectivity index (χ4v) is 6.96. The largest absolute Gasteiger partial charge is 0.426 e. The van der Waals surface area contributed by atoms with Gasteiger partial charge in [-0.2, -0.15) is 0 Å². The number of fused-ring (bicyclic) bond motifs is 5. The summed E-state index contributed by atoms with van der Waals surface area (Å²) in [6.07, 6.45) is 3.20. The summed E-state index contributed by atoms with van der Waals surface area (Å²) in [5.74, 6) is -0.542. The van der Waals surface area contributed by atoms with E-state index in [9.17, 15) is 19.2 Å². The summed E-state index contributed by atoms with van der Waals surface area (Å²) in [7, 11) is 0. The van der Waals surface area contributed by atoms with Crippen molar-refractivity contribution < 1.29 is 23.9 Å². The quantitative estimate of drug-likeness (QED) is 0.362. The van der Waals surface area contributed by atoms with Gasteiger partial charge < -0.3 is 9.64 Å². The first-order valence-corrected chi connectivity index (χ1v) is 12.9. The molecule has 7 nitrogen and oxygen atoms in total. The van der Waals surface area contributed by atoms with Crippen LogP contribution in [0, 0.1) is 36.5 Å². The molecule has 7 heteroatoms. The monoisotopic (exact) mass is 486 g/mol. The van der Waals surface area contributed by atoms with Crippen molar-refractivity contribution in [2.75, 3.05) is 11.4 Å². The minimum atomic E-state index is -0.541. The molecule has 0 N–H and O–H groups in total. The normalized spacial score (nSPS) is 29.7. The van der Waals surface area contributed by atoms with Crippen LogP contribution in [0.4, 0.5) is 5.69 Å². The molecular formula is C29H30N2O5. The van der Waals surface area contributed by atoms with E-state index in [0.717, 1.165) is 24.8 Å². The van der Waals surface area contributed by atoms with E-state index in [4.69, 9.17) is 4.74 Å². The van der Waals surface area contributed by atoms with Crippen LogP contribution < -0.4 is 9.64 Å². The Labute approximate surface area is 210 Å². The van der Waals surface area contributed by atoms with Gasteiger partial charge in [-0.1, -0.05) is 30.3 Å². The molecule has 3 amide bonds. The molecule has 4 fully saturated rings. The number of amides is 3. The van der Waals surface area contributed by atoms with E-state index in [0.29, 0.717) is 35.4 Å². The average Bonchev–Trinajstić information content (AvgIpc) is 3.64. The Kier molecular flexibility index (Phi) is 5.47. The Morgan fingerprint density at radius 3 is 2.28 bits per heavy atom. The minimum absolute atomic E-state index is 0.0644. The third-order valence-corrected chi connectivity index (χ3v) is 8.80. The van der Waals surface area contributed by atoms with Gasteiger partial charge in [-0.25, -0.2) is 4.90 Å². The molecule has 0 spiro atoms. The highest BCUT2D eigenvalue weighted by atomic mass is 16.5. The number of hydrogen-bond donors (Lipinski definition) is 0. The van der Waals surface area contributed by atoms with Gasteiger partial charge in [-0.05, 0) is 74.3 Å². The van der Waals surface area contributed by atoms with Crippen molar-refractivity contribution in [3.05, 3.63) is 59.7 Å². The first-order chi connectivity index (χ1) is 17.3. The van der Waals surface area contributed by atoms with Crippen LogP contribution in [0.2, 0.25) is 0 Å². The van der Waals surface area contributed by atoms with Gasteiger partial charge in [0.05, 0.1) is 29.5 Å². The second kappa shape index (κ2) is 8.57. The van der Waals surface area contributed by atoms with Crippen LogP contribution in [0.25, 0.3) is 0 Å². The molecule has 2 saturated heterocycles. The molecule has 2 aromatic rings. The lowest BCUT2D eigenvalue weighted by atomic mass is 9.81. The number of imide groups is 1. The van der Waals surface area contributed by atoms with Crippen molar-refractivity contribution in [1.82, 2.24) is 4.90 Å². The highest BCUT2D eigenvalue weighted by Gasteiger charge is 2.61. The fourth-order valence-electron chi connectivity index (χ4n) is 6.96. The predicted octanol–water partition coefficient (Wildman–Crippen LogP) is 4.05. The average molecular weight is 487 g/mol. The Morgan fingerprint density at radius 1 is 0.972 bits per heavy atom. The van der Waals surface area contributed by atoms with Crippen molar-refractivity contribution in [2.24, 2.45) is 29.6 Å². The molecule has 2 bridgehead atoms. The SMILES string of the molecule is Cc1cc(OC(=O)[C@@H]2CC(=O)N([C@H](C)c3ccccc3)C2)ccc1N1C(=O)[C@@H]2[C@H]3CC[C@@H](C3)[C@H]2C1=O. The van der Waals surface area contributed by atoms with E-state index >= 15 is 0 Å². The molecule has 186 valence electrons. The molecule has 36 heavy (non-hydrogen) atoms. The van der Waals surface area contributed by atoms with E-state index in [1.807, 2.05) is 44.2 Å². The summed E-state index contributed by atoms with van der Waals surface area (Å²) in [6, 6.07) is 14.6. The van der Waals surface area contributed by atoms with Gasteiger partial charge in [-0.15, -0.1) is 0 Å². The lowest BCUT2D eigenvalue weighted by molar-refractivity contribution is -0.139. The van der Waals surface area contributed by atoms with E-state index in [2.05, 4.69) is 0 Å². The number of hydrogen-bond acceptors (Lipinski definition) is 5. The van der Waals surface area contributed by atoms with Crippen molar-refractivity contribution in [3.8, 4) is 5.75 Å². The van der Waals surface area contributed by atoms with E-state index in [1.165, 1.54) is 4.90 Å². The van der Waals surface area contributed by atoms with Crippen molar-refractivity contribution >= 4 is 29.4 Å².